The van der Waals surface area contributed by atoms with E-state index in [1.54, 1.807) is 0 Å². The van der Waals surface area contributed by atoms with Gasteiger partial charge < -0.3 is 15.6 Å². The van der Waals surface area contributed by atoms with Crippen molar-refractivity contribution in [3.63, 3.8) is 0 Å². The Morgan fingerprint density at radius 2 is 1.93 bits per heavy atom. The molecule has 15 heavy (non-hydrogen) atoms. The van der Waals surface area contributed by atoms with Gasteiger partial charge in [-0.05, 0) is 6.42 Å². The van der Waals surface area contributed by atoms with Crippen LogP contribution in [0.3, 0.4) is 0 Å². The first kappa shape index (κ1) is 14.8. The second-order valence-electron chi connectivity index (χ2n) is 2.76. The van der Waals surface area contributed by atoms with Gasteiger partial charge in [-0.2, -0.15) is 0 Å². The maximum atomic E-state index is 11.0. The summed E-state index contributed by atoms with van der Waals surface area (Å²) in [5.74, 6) is -1.83. The lowest BCUT2D eigenvalue weighted by molar-refractivity contribution is -0.144. The fourth-order valence-corrected chi connectivity index (χ4v) is 0.795. The molecule has 0 aliphatic carbocycles. The molecule has 0 spiro atoms. The molecule has 3 N–H and O–H groups in total. The number of nitrogens with two attached hydrogens (primary N) is 1. The molecular formula is C7H10Cl3NO4. The molecule has 0 aliphatic heterocycles. The van der Waals surface area contributed by atoms with E-state index in [-0.39, 0.29) is 19.4 Å². The maximum Gasteiger partial charge on any atom is 0.320 e. The van der Waals surface area contributed by atoms with Crippen LogP contribution in [-0.4, -0.2) is 33.5 Å². The van der Waals surface area contributed by atoms with Gasteiger partial charge in [0.25, 0.3) is 0 Å². The van der Waals surface area contributed by atoms with Gasteiger partial charge in [0.1, 0.15) is 12.6 Å². The predicted molar refractivity (Wildman–Crippen MR) is 56.1 cm³/mol. The van der Waals surface area contributed by atoms with Crippen LogP contribution >= 0.6 is 34.8 Å². The molecule has 0 unspecified atom stereocenters. The fraction of sp³-hybridized carbons (Fsp3) is 0.714. The van der Waals surface area contributed by atoms with Crippen LogP contribution in [0.1, 0.15) is 12.8 Å². The van der Waals surface area contributed by atoms with Crippen molar-refractivity contribution in [1.29, 1.82) is 0 Å². The minimum Gasteiger partial charge on any atom is -0.480 e. The van der Waals surface area contributed by atoms with Gasteiger partial charge >= 0.3 is 11.9 Å². The molecule has 0 aliphatic rings. The predicted octanol–water partition coefficient (Wildman–Crippen LogP) is 1.09. The summed E-state index contributed by atoms with van der Waals surface area (Å²) < 4.78 is 2.89. The van der Waals surface area contributed by atoms with Crippen molar-refractivity contribution in [1.82, 2.24) is 0 Å². The summed E-state index contributed by atoms with van der Waals surface area (Å²) in [5, 5.41) is 8.41. The van der Waals surface area contributed by atoms with Crippen LogP contribution < -0.4 is 5.73 Å². The number of halogens is 3. The van der Waals surface area contributed by atoms with Crippen molar-refractivity contribution >= 4 is 46.7 Å². The highest BCUT2D eigenvalue weighted by atomic mass is 35.6. The molecule has 0 rings (SSSR count). The zero-order valence-electron chi connectivity index (χ0n) is 7.58. The average molecular weight is 279 g/mol. The highest BCUT2D eigenvalue weighted by Gasteiger charge is 2.22. The molecule has 0 fully saturated rings. The van der Waals surface area contributed by atoms with E-state index in [2.05, 4.69) is 4.74 Å². The smallest absolute Gasteiger partial charge is 0.320 e. The number of carboxylic acid groups (broad SMARTS) is 1. The van der Waals surface area contributed by atoms with E-state index in [1.165, 1.54) is 0 Å². The molecule has 0 aromatic carbocycles. The molecule has 0 amide bonds. The first-order valence-corrected chi connectivity index (χ1v) is 5.06. The summed E-state index contributed by atoms with van der Waals surface area (Å²) in [4.78, 5) is 21.3. The highest BCUT2D eigenvalue weighted by molar-refractivity contribution is 6.67. The molecule has 88 valence electrons. The van der Waals surface area contributed by atoms with Gasteiger partial charge in [0, 0.05) is 6.42 Å². The molecule has 0 heterocycles. The standard InChI is InChI=1S/C7H10Cl3NO4/c8-7(9,10)3-15-5(12)2-1-4(11)6(13)14/h4H,1-3,11H2,(H,13,14)/t4-/m1/s1. The van der Waals surface area contributed by atoms with Crippen LogP contribution in [-0.2, 0) is 14.3 Å². The highest BCUT2D eigenvalue weighted by Crippen LogP contribution is 2.26. The molecule has 0 radical (unpaired) electrons. The number of rotatable bonds is 5. The molecule has 0 aromatic heterocycles. The third kappa shape index (κ3) is 8.74. The number of hydrogen-bond acceptors (Lipinski definition) is 4. The van der Waals surface area contributed by atoms with Gasteiger partial charge in [0.15, 0.2) is 0 Å². The van der Waals surface area contributed by atoms with Crippen molar-refractivity contribution in [3.05, 3.63) is 0 Å². The lowest BCUT2D eigenvalue weighted by Crippen LogP contribution is -2.31. The fourth-order valence-electron chi connectivity index (χ4n) is 0.631. The number of ether oxygens (including phenoxy) is 1. The second-order valence-corrected chi connectivity index (χ2v) is 5.28. The molecule has 0 saturated heterocycles. The summed E-state index contributed by atoms with van der Waals surface area (Å²) >= 11 is 16.0. The van der Waals surface area contributed by atoms with Crippen LogP contribution in [0.25, 0.3) is 0 Å². The van der Waals surface area contributed by atoms with Crippen LogP contribution in [0.2, 0.25) is 0 Å². The molecule has 0 saturated carbocycles. The number of alkyl halides is 3. The maximum absolute atomic E-state index is 11.0. The summed E-state index contributed by atoms with van der Waals surface area (Å²) in [6, 6.07) is -1.09. The Bertz CT molecular complexity index is 241. The van der Waals surface area contributed by atoms with E-state index in [9.17, 15) is 9.59 Å². The van der Waals surface area contributed by atoms with E-state index in [1.807, 2.05) is 0 Å². The van der Waals surface area contributed by atoms with Gasteiger partial charge in [-0.15, -0.1) is 0 Å². The molecule has 8 heteroatoms. The van der Waals surface area contributed by atoms with Crippen LogP contribution in [0, 0.1) is 0 Å². The zero-order valence-corrected chi connectivity index (χ0v) is 9.85. The number of carbonyl (C=O) groups is 2. The minimum atomic E-state index is -1.66. The summed E-state index contributed by atoms with van der Waals surface area (Å²) in [6.07, 6.45) is -0.151. The number of hydrogen-bond donors (Lipinski definition) is 2. The van der Waals surface area contributed by atoms with Crippen LogP contribution in [0.15, 0.2) is 0 Å². The first-order chi connectivity index (χ1) is 6.72. The number of aliphatic carboxylic acids is 1. The molecule has 0 aromatic rings. The average Bonchev–Trinajstić information content (AvgIpc) is 2.09. The van der Waals surface area contributed by atoms with Crippen molar-refractivity contribution < 1.29 is 19.4 Å². The minimum absolute atomic E-state index is 0.0198. The number of carboxylic acids is 1. The summed E-state index contributed by atoms with van der Waals surface area (Å²) in [5.41, 5.74) is 5.16. The Morgan fingerprint density at radius 1 is 1.40 bits per heavy atom. The van der Waals surface area contributed by atoms with Gasteiger partial charge in [-0.3, -0.25) is 9.59 Å². The Morgan fingerprint density at radius 3 is 2.33 bits per heavy atom. The molecule has 0 bridgehead atoms. The monoisotopic (exact) mass is 277 g/mol. The molecule has 5 nitrogen and oxygen atoms in total. The van der Waals surface area contributed by atoms with Crippen LogP contribution in [0.5, 0.6) is 0 Å². The van der Waals surface area contributed by atoms with Crippen LogP contribution in [0.4, 0.5) is 0 Å². The third-order valence-electron chi connectivity index (χ3n) is 1.37. The lowest BCUT2D eigenvalue weighted by atomic mass is 10.2. The zero-order chi connectivity index (χ0) is 12.1. The normalized spacial score (nSPS) is 13.3. The van der Waals surface area contributed by atoms with E-state index in [0.29, 0.717) is 0 Å². The first-order valence-electron chi connectivity index (χ1n) is 3.93. The van der Waals surface area contributed by atoms with Crippen molar-refractivity contribution in [2.75, 3.05) is 6.61 Å². The van der Waals surface area contributed by atoms with E-state index < -0.39 is 21.8 Å². The van der Waals surface area contributed by atoms with Gasteiger partial charge in [-0.25, -0.2) is 0 Å². The number of esters is 1. The van der Waals surface area contributed by atoms with E-state index in [0.717, 1.165) is 0 Å². The van der Waals surface area contributed by atoms with E-state index >= 15 is 0 Å². The van der Waals surface area contributed by atoms with Gasteiger partial charge in [0.2, 0.25) is 3.79 Å². The summed E-state index contributed by atoms with van der Waals surface area (Å²) in [6.45, 7) is -0.376. The Balaban J connectivity index is 3.72. The Kier molecular flexibility index (Phi) is 6.28. The van der Waals surface area contributed by atoms with E-state index in [4.69, 9.17) is 45.6 Å². The lowest BCUT2D eigenvalue weighted by Gasteiger charge is -2.11. The Labute approximate surface area is 101 Å². The van der Waals surface area contributed by atoms with Gasteiger partial charge in [0.05, 0.1) is 0 Å². The Hall–Kier alpha value is -0.230. The van der Waals surface area contributed by atoms with Crippen molar-refractivity contribution in [2.45, 2.75) is 22.7 Å². The molecule has 1 atom stereocenters. The topological polar surface area (TPSA) is 89.6 Å². The van der Waals surface area contributed by atoms with Crippen molar-refractivity contribution in [3.8, 4) is 0 Å². The quantitative estimate of drug-likeness (QED) is 0.580. The largest absolute Gasteiger partial charge is 0.480 e. The molecular weight excluding hydrogens is 268 g/mol. The SMILES string of the molecule is N[C@H](CCC(=O)OCC(Cl)(Cl)Cl)C(=O)O. The number of carbonyl (C=O) groups excluding carboxylic acids is 1. The van der Waals surface area contributed by atoms with Crippen molar-refractivity contribution in [2.24, 2.45) is 5.73 Å². The van der Waals surface area contributed by atoms with Gasteiger partial charge in [-0.1, -0.05) is 34.8 Å². The second kappa shape index (κ2) is 6.37. The third-order valence-corrected chi connectivity index (χ3v) is 1.70. The summed E-state index contributed by atoms with van der Waals surface area (Å²) in [7, 11) is 0.